The van der Waals surface area contributed by atoms with Crippen LogP contribution in [0.15, 0.2) is 48.9 Å². The van der Waals surface area contributed by atoms with Gasteiger partial charge in [-0.2, -0.15) is 5.26 Å². The van der Waals surface area contributed by atoms with Gasteiger partial charge in [-0.3, -0.25) is 15.2 Å². The van der Waals surface area contributed by atoms with Gasteiger partial charge in [-0.15, -0.1) is 0 Å². The Bertz CT molecular complexity index is 1150. The van der Waals surface area contributed by atoms with Crippen molar-refractivity contribution in [2.24, 2.45) is 0 Å². The van der Waals surface area contributed by atoms with Crippen molar-refractivity contribution in [3.8, 4) is 11.8 Å². The van der Waals surface area contributed by atoms with E-state index in [1.54, 1.807) is 49.6 Å². The molecule has 0 aliphatic rings. The van der Waals surface area contributed by atoms with Gasteiger partial charge < -0.3 is 15.8 Å². The molecule has 8 heteroatoms. The number of nitrogens with two attached hydrogens (primary N) is 1. The number of amides is 1. The maximum atomic E-state index is 12.6. The van der Waals surface area contributed by atoms with Gasteiger partial charge in [0.1, 0.15) is 17.5 Å². The van der Waals surface area contributed by atoms with Gasteiger partial charge in [0.05, 0.1) is 24.6 Å². The predicted molar refractivity (Wildman–Crippen MR) is 109 cm³/mol. The smallest absolute Gasteiger partial charge is 0.274 e. The Kier molecular flexibility index (Phi) is 5.51. The summed E-state index contributed by atoms with van der Waals surface area (Å²) < 4.78 is 5.15. The fourth-order valence-corrected chi connectivity index (χ4v) is 2.74. The number of carbonyl (C=O) groups excluding carboxylic acids is 1. The number of hydrogen-bond donors (Lipinski definition) is 3. The number of nitrogen functional groups attached to an aromatic ring is 1. The summed E-state index contributed by atoms with van der Waals surface area (Å²) in [4.78, 5) is 20.7. The molecule has 8 nitrogen and oxygen atoms in total. The van der Waals surface area contributed by atoms with E-state index in [1.165, 1.54) is 13.3 Å². The van der Waals surface area contributed by atoms with Crippen molar-refractivity contribution in [1.29, 1.82) is 10.7 Å². The van der Waals surface area contributed by atoms with Crippen molar-refractivity contribution in [2.45, 2.75) is 6.92 Å². The molecule has 0 fully saturated rings. The first-order chi connectivity index (χ1) is 13.9. The fraction of sp³-hybridized carbons (Fsp3) is 0.0952. The van der Waals surface area contributed by atoms with Crippen molar-refractivity contribution in [2.75, 3.05) is 18.2 Å². The lowest BCUT2D eigenvalue weighted by Crippen LogP contribution is -2.16. The minimum atomic E-state index is -0.419. The Balaban J connectivity index is 1.88. The number of nitrogens with zero attached hydrogens (tertiary/aromatic N) is 3. The number of carbonyl (C=O) groups is 1. The van der Waals surface area contributed by atoms with Crippen molar-refractivity contribution in [3.05, 3.63) is 76.9 Å². The average molecular weight is 386 g/mol. The molecule has 1 aromatic carbocycles. The number of benzene rings is 1. The van der Waals surface area contributed by atoms with Crippen molar-refractivity contribution in [3.63, 3.8) is 0 Å². The van der Waals surface area contributed by atoms with E-state index in [0.717, 1.165) is 0 Å². The molecule has 2 heterocycles. The van der Waals surface area contributed by atoms with Crippen LogP contribution in [0.5, 0.6) is 5.75 Å². The molecular formula is C21H18N6O2. The van der Waals surface area contributed by atoms with E-state index < -0.39 is 5.91 Å². The molecule has 3 rings (SSSR count). The largest absolute Gasteiger partial charge is 0.495 e. The third-order valence-corrected chi connectivity index (χ3v) is 4.24. The standard InChI is InChI=1S/C21H18N6O2/c1-12-5-13(8-22)9-26-20(12)21(28)27-15-3-4-18(23)17(7-15)19(24)14-6-16(29-2)11-25-10-14/h3-7,9-11,24H,23H2,1-2H3,(H,27,28). The minimum Gasteiger partial charge on any atom is -0.495 e. The van der Waals surface area contributed by atoms with Crippen LogP contribution < -0.4 is 15.8 Å². The van der Waals surface area contributed by atoms with Crippen LogP contribution in [-0.2, 0) is 0 Å². The molecule has 3 aromatic rings. The zero-order chi connectivity index (χ0) is 21.0. The summed E-state index contributed by atoms with van der Waals surface area (Å²) in [6, 6.07) is 10.2. The number of aryl methyl sites for hydroxylation is 1. The van der Waals surface area contributed by atoms with Gasteiger partial charge >= 0.3 is 0 Å². The lowest BCUT2D eigenvalue weighted by molar-refractivity contribution is 0.102. The van der Waals surface area contributed by atoms with Gasteiger partial charge in [-0.05, 0) is 42.8 Å². The summed E-state index contributed by atoms with van der Waals surface area (Å²) in [6.07, 6.45) is 4.44. The summed E-state index contributed by atoms with van der Waals surface area (Å²) in [5, 5.41) is 20.2. The van der Waals surface area contributed by atoms with Crippen LogP contribution in [0.3, 0.4) is 0 Å². The maximum Gasteiger partial charge on any atom is 0.274 e. The number of rotatable bonds is 5. The molecule has 144 valence electrons. The highest BCUT2D eigenvalue weighted by Crippen LogP contribution is 2.23. The molecule has 0 spiro atoms. The third kappa shape index (κ3) is 4.20. The number of pyridine rings is 2. The summed E-state index contributed by atoms with van der Waals surface area (Å²) in [7, 11) is 1.52. The van der Waals surface area contributed by atoms with E-state index >= 15 is 0 Å². The predicted octanol–water partition coefficient (Wildman–Crippen LogP) is 2.92. The van der Waals surface area contributed by atoms with Crippen LogP contribution in [0, 0.1) is 23.7 Å². The first-order valence-electron chi connectivity index (χ1n) is 8.59. The molecule has 4 N–H and O–H groups in total. The number of nitrogens with one attached hydrogen (secondary N) is 2. The fourth-order valence-electron chi connectivity index (χ4n) is 2.74. The Morgan fingerprint density at radius 2 is 2.03 bits per heavy atom. The van der Waals surface area contributed by atoms with Gasteiger partial charge in [-0.1, -0.05) is 0 Å². The molecule has 0 bridgehead atoms. The molecule has 0 saturated heterocycles. The third-order valence-electron chi connectivity index (χ3n) is 4.24. The highest BCUT2D eigenvalue weighted by molar-refractivity contribution is 6.14. The molecule has 0 saturated carbocycles. The first kappa shape index (κ1) is 19.5. The second-order valence-corrected chi connectivity index (χ2v) is 6.25. The lowest BCUT2D eigenvalue weighted by atomic mass is 10.0. The molecule has 1 amide bonds. The van der Waals surface area contributed by atoms with Gasteiger partial charge in [0.25, 0.3) is 5.91 Å². The molecule has 2 aromatic heterocycles. The second kappa shape index (κ2) is 8.19. The minimum absolute atomic E-state index is 0.151. The van der Waals surface area contributed by atoms with Crippen LogP contribution >= 0.6 is 0 Å². The zero-order valence-electron chi connectivity index (χ0n) is 15.9. The molecule has 0 aliphatic heterocycles. The van der Waals surface area contributed by atoms with Crippen LogP contribution in [0.4, 0.5) is 11.4 Å². The Morgan fingerprint density at radius 1 is 1.24 bits per heavy atom. The maximum absolute atomic E-state index is 12.6. The van der Waals surface area contributed by atoms with Crippen LogP contribution in [0.2, 0.25) is 0 Å². The highest BCUT2D eigenvalue weighted by atomic mass is 16.5. The second-order valence-electron chi connectivity index (χ2n) is 6.25. The highest BCUT2D eigenvalue weighted by Gasteiger charge is 2.15. The number of hydrogen-bond acceptors (Lipinski definition) is 7. The Morgan fingerprint density at radius 3 is 2.72 bits per heavy atom. The van der Waals surface area contributed by atoms with Gasteiger partial charge in [0.15, 0.2) is 0 Å². The normalized spacial score (nSPS) is 10.1. The van der Waals surface area contributed by atoms with Crippen molar-refractivity contribution >= 4 is 23.0 Å². The van der Waals surface area contributed by atoms with Crippen molar-refractivity contribution < 1.29 is 9.53 Å². The first-order valence-corrected chi connectivity index (χ1v) is 8.59. The molecule has 0 unspecified atom stereocenters. The summed E-state index contributed by atoms with van der Waals surface area (Å²) >= 11 is 0. The molecule has 0 radical (unpaired) electrons. The topological polar surface area (TPSA) is 138 Å². The van der Waals surface area contributed by atoms with E-state index in [0.29, 0.717) is 39.4 Å². The number of anilines is 2. The summed E-state index contributed by atoms with van der Waals surface area (Å²) in [6.45, 7) is 1.71. The number of nitriles is 1. The van der Waals surface area contributed by atoms with Crippen LogP contribution in [-0.4, -0.2) is 28.7 Å². The van der Waals surface area contributed by atoms with Crippen molar-refractivity contribution in [1.82, 2.24) is 9.97 Å². The monoisotopic (exact) mass is 386 g/mol. The number of methoxy groups -OCH3 is 1. The number of aromatic nitrogens is 2. The van der Waals surface area contributed by atoms with E-state index in [2.05, 4.69) is 15.3 Å². The quantitative estimate of drug-likeness (QED) is 0.455. The van der Waals surface area contributed by atoms with Gasteiger partial charge in [0, 0.05) is 34.9 Å². The molecule has 29 heavy (non-hydrogen) atoms. The van der Waals surface area contributed by atoms with Gasteiger partial charge in [0.2, 0.25) is 0 Å². The van der Waals surface area contributed by atoms with E-state index in [1.807, 2.05) is 6.07 Å². The molecular weight excluding hydrogens is 368 g/mol. The molecule has 0 aliphatic carbocycles. The SMILES string of the molecule is COc1cncc(C(=N)c2cc(NC(=O)c3ncc(C#N)cc3C)ccc2N)c1. The van der Waals surface area contributed by atoms with E-state index in [4.69, 9.17) is 21.1 Å². The number of ether oxygens (including phenoxy) is 1. The lowest BCUT2D eigenvalue weighted by Gasteiger charge is -2.12. The summed E-state index contributed by atoms with van der Waals surface area (Å²) in [5.41, 5.74) is 9.22. The Labute approximate surface area is 167 Å². The van der Waals surface area contributed by atoms with Crippen LogP contribution in [0.25, 0.3) is 0 Å². The molecule has 0 atom stereocenters. The average Bonchev–Trinajstić information content (AvgIpc) is 2.74. The van der Waals surface area contributed by atoms with E-state index in [9.17, 15) is 4.79 Å². The van der Waals surface area contributed by atoms with Crippen LogP contribution in [0.1, 0.15) is 32.7 Å². The van der Waals surface area contributed by atoms with Gasteiger partial charge in [-0.25, -0.2) is 4.98 Å². The zero-order valence-corrected chi connectivity index (χ0v) is 15.9. The summed E-state index contributed by atoms with van der Waals surface area (Å²) in [5.74, 6) is 0.106. The van der Waals surface area contributed by atoms with E-state index in [-0.39, 0.29) is 11.4 Å². The Hall–Kier alpha value is -4.25.